The minimum atomic E-state index is -0.140. The zero-order chi connectivity index (χ0) is 14.4. The number of benzene rings is 2. The van der Waals surface area contributed by atoms with E-state index in [-0.39, 0.29) is 5.50 Å². The number of hydrogen-bond donors (Lipinski definition) is 3. The molecule has 0 aliphatic rings. The van der Waals surface area contributed by atoms with Crippen molar-refractivity contribution in [1.29, 1.82) is 0 Å². The summed E-state index contributed by atoms with van der Waals surface area (Å²) in [5.41, 5.74) is 2.00. The van der Waals surface area contributed by atoms with Gasteiger partial charge in [0.05, 0.1) is 7.11 Å². The van der Waals surface area contributed by atoms with E-state index in [9.17, 15) is 0 Å². The van der Waals surface area contributed by atoms with E-state index in [1.165, 1.54) is 5.56 Å². The van der Waals surface area contributed by atoms with E-state index < -0.39 is 0 Å². The molecule has 5 heteroatoms. The summed E-state index contributed by atoms with van der Waals surface area (Å²) < 4.78 is 5.12. The van der Waals surface area contributed by atoms with Gasteiger partial charge in [0, 0.05) is 17.3 Å². The maximum atomic E-state index is 5.84. The van der Waals surface area contributed by atoms with Crippen molar-refractivity contribution in [1.82, 2.24) is 5.32 Å². The summed E-state index contributed by atoms with van der Waals surface area (Å²) in [7, 11) is 1.66. The zero-order valence-corrected chi connectivity index (χ0v) is 12.8. The summed E-state index contributed by atoms with van der Waals surface area (Å²) >= 11 is 10.3. The summed E-state index contributed by atoms with van der Waals surface area (Å²) in [6, 6.07) is 15.4. The average molecular weight is 309 g/mol. The van der Waals surface area contributed by atoms with Crippen LogP contribution in [0.1, 0.15) is 5.56 Å². The molecule has 2 aromatic rings. The molecular weight excluding hydrogens is 292 g/mol. The van der Waals surface area contributed by atoms with Crippen LogP contribution in [0.5, 0.6) is 5.75 Å². The summed E-state index contributed by atoms with van der Waals surface area (Å²) in [5, 5.41) is 7.23. The molecule has 0 radical (unpaired) electrons. The molecule has 0 bridgehead atoms. The molecule has 2 aromatic carbocycles. The van der Waals surface area contributed by atoms with E-state index in [0.29, 0.717) is 0 Å². The first-order valence-corrected chi connectivity index (χ1v) is 7.13. The van der Waals surface area contributed by atoms with Gasteiger partial charge in [-0.1, -0.05) is 23.7 Å². The van der Waals surface area contributed by atoms with E-state index in [1.54, 1.807) is 7.11 Å². The summed E-state index contributed by atoms with van der Waals surface area (Å²) in [6.45, 7) is 0.721. The quantitative estimate of drug-likeness (QED) is 0.561. The third-order valence-corrected chi connectivity index (χ3v) is 3.37. The predicted octanol–water partition coefficient (Wildman–Crippen LogP) is 3.76. The van der Waals surface area contributed by atoms with Crippen molar-refractivity contribution in [3.63, 3.8) is 0 Å². The van der Waals surface area contributed by atoms with Crippen LogP contribution >= 0.6 is 24.2 Å². The maximum absolute atomic E-state index is 5.84. The second-order valence-electron chi connectivity index (χ2n) is 4.28. The second kappa shape index (κ2) is 7.43. The highest BCUT2D eigenvalue weighted by Crippen LogP contribution is 2.15. The number of rotatable bonds is 6. The Labute approximate surface area is 129 Å². The smallest absolute Gasteiger partial charge is 0.123 e. The molecule has 1 unspecified atom stereocenters. The van der Waals surface area contributed by atoms with E-state index in [2.05, 4.69) is 23.3 Å². The highest BCUT2D eigenvalue weighted by molar-refractivity contribution is 7.81. The van der Waals surface area contributed by atoms with E-state index in [1.807, 2.05) is 48.5 Å². The van der Waals surface area contributed by atoms with Crippen LogP contribution in [0, 0.1) is 0 Å². The fourth-order valence-electron chi connectivity index (χ4n) is 1.71. The van der Waals surface area contributed by atoms with E-state index in [0.717, 1.165) is 23.0 Å². The molecule has 2 rings (SSSR count). The van der Waals surface area contributed by atoms with Crippen LogP contribution in [0.15, 0.2) is 48.5 Å². The molecule has 2 N–H and O–H groups in total. The van der Waals surface area contributed by atoms with E-state index >= 15 is 0 Å². The van der Waals surface area contributed by atoms with Gasteiger partial charge in [0.1, 0.15) is 11.2 Å². The maximum Gasteiger partial charge on any atom is 0.123 e. The Hall–Kier alpha value is -1.36. The van der Waals surface area contributed by atoms with Crippen LogP contribution in [0.25, 0.3) is 0 Å². The lowest BCUT2D eigenvalue weighted by Gasteiger charge is -2.16. The molecule has 3 nitrogen and oxygen atoms in total. The van der Waals surface area contributed by atoms with Crippen molar-refractivity contribution in [3.05, 3.63) is 59.1 Å². The molecule has 0 saturated carbocycles. The average Bonchev–Trinajstić information content (AvgIpc) is 2.48. The van der Waals surface area contributed by atoms with Crippen LogP contribution in [-0.4, -0.2) is 12.6 Å². The molecule has 106 valence electrons. The third-order valence-electron chi connectivity index (χ3n) is 2.81. The lowest BCUT2D eigenvalue weighted by atomic mass is 10.2. The lowest BCUT2D eigenvalue weighted by Crippen LogP contribution is -2.30. The van der Waals surface area contributed by atoms with Crippen LogP contribution in [0.2, 0.25) is 5.02 Å². The molecule has 1 atom stereocenters. The molecule has 0 aromatic heterocycles. The van der Waals surface area contributed by atoms with Gasteiger partial charge in [-0.25, -0.2) is 0 Å². The van der Waals surface area contributed by atoms with Gasteiger partial charge in [-0.15, -0.1) is 12.6 Å². The first-order valence-electron chi connectivity index (χ1n) is 6.24. The number of hydrogen-bond acceptors (Lipinski definition) is 4. The normalized spacial score (nSPS) is 11.9. The van der Waals surface area contributed by atoms with Crippen molar-refractivity contribution in [3.8, 4) is 5.75 Å². The summed E-state index contributed by atoms with van der Waals surface area (Å²) in [6.07, 6.45) is 0. The molecule has 0 aliphatic heterocycles. The fraction of sp³-hybridized carbons (Fsp3) is 0.200. The number of ether oxygens (including phenoxy) is 1. The Morgan fingerprint density at radius 2 is 1.75 bits per heavy atom. The topological polar surface area (TPSA) is 33.3 Å². The van der Waals surface area contributed by atoms with Gasteiger partial charge in [-0.2, -0.15) is 0 Å². The Morgan fingerprint density at radius 1 is 1.10 bits per heavy atom. The molecule has 0 heterocycles. The van der Waals surface area contributed by atoms with E-state index in [4.69, 9.17) is 16.3 Å². The molecule has 0 amide bonds. The van der Waals surface area contributed by atoms with Crippen molar-refractivity contribution in [2.45, 2.75) is 12.0 Å². The van der Waals surface area contributed by atoms with Crippen molar-refractivity contribution >= 4 is 29.9 Å². The number of halogens is 1. The number of thiol groups is 1. The lowest BCUT2D eigenvalue weighted by molar-refractivity contribution is 0.414. The van der Waals surface area contributed by atoms with Gasteiger partial charge in [0.2, 0.25) is 0 Å². The second-order valence-corrected chi connectivity index (χ2v) is 5.24. The Balaban J connectivity index is 1.82. The molecule has 0 aliphatic carbocycles. The van der Waals surface area contributed by atoms with Crippen LogP contribution in [-0.2, 0) is 6.54 Å². The van der Waals surface area contributed by atoms with Gasteiger partial charge < -0.3 is 10.1 Å². The van der Waals surface area contributed by atoms with Gasteiger partial charge in [-0.3, -0.25) is 5.32 Å². The first-order chi connectivity index (χ1) is 9.67. The number of methoxy groups -OCH3 is 1. The standard InChI is InChI=1S/C15H17ClN2OS/c1-19-14-8-2-11(3-9-14)10-17-15(20)18-13-6-4-12(16)5-7-13/h2-9,15,17-18,20H,10H2,1H3. The molecule has 0 spiro atoms. The fourth-order valence-corrected chi connectivity index (χ4v) is 2.08. The largest absolute Gasteiger partial charge is 0.497 e. The highest BCUT2D eigenvalue weighted by atomic mass is 35.5. The molecular formula is C15H17ClN2OS. The first kappa shape index (κ1) is 15.0. The molecule has 0 fully saturated rings. The van der Waals surface area contributed by atoms with Gasteiger partial charge >= 0.3 is 0 Å². The minimum absolute atomic E-state index is 0.140. The third kappa shape index (κ3) is 4.63. The Bertz CT molecular complexity index is 531. The number of nitrogens with one attached hydrogen (secondary N) is 2. The van der Waals surface area contributed by atoms with Crippen molar-refractivity contribution in [2.24, 2.45) is 0 Å². The van der Waals surface area contributed by atoms with Gasteiger partial charge in [-0.05, 0) is 42.0 Å². The van der Waals surface area contributed by atoms with Crippen molar-refractivity contribution in [2.75, 3.05) is 12.4 Å². The monoisotopic (exact) mass is 308 g/mol. The van der Waals surface area contributed by atoms with Gasteiger partial charge in [0.15, 0.2) is 0 Å². The number of anilines is 1. The van der Waals surface area contributed by atoms with Crippen LogP contribution < -0.4 is 15.4 Å². The zero-order valence-electron chi connectivity index (χ0n) is 11.1. The summed E-state index contributed by atoms with van der Waals surface area (Å²) in [5.74, 6) is 0.857. The van der Waals surface area contributed by atoms with Gasteiger partial charge in [0.25, 0.3) is 0 Å². The minimum Gasteiger partial charge on any atom is -0.497 e. The van der Waals surface area contributed by atoms with Crippen LogP contribution in [0.4, 0.5) is 5.69 Å². The molecule has 0 saturated heterocycles. The van der Waals surface area contributed by atoms with Crippen molar-refractivity contribution < 1.29 is 4.74 Å². The Morgan fingerprint density at radius 3 is 2.35 bits per heavy atom. The molecule has 20 heavy (non-hydrogen) atoms. The SMILES string of the molecule is COc1ccc(CNC(S)Nc2ccc(Cl)cc2)cc1. The van der Waals surface area contributed by atoms with Crippen LogP contribution in [0.3, 0.4) is 0 Å². The predicted molar refractivity (Wildman–Crippen MR) is 87.7 cm³/mol. The Kier molecular flexibility index (Phi) is 5.59. The summed E-state index contributed by atoms with van der Waals surface area (Å²) in [4.78, 5) is 0. The highest BCUT2D eigenvalue weighted by Gasteiger charge is 2.02.